The normalized spacial score (nSPS) is 10.8. The molecule has 0 fully saturated rings. The number of urea groups is 1. The van der Waals surface area contributed by atoms with Gasteiger partial charge >= 0.3 is 6.03 Å². The molecule has 2 heterocycles. The van der Waals surface area contributed by atoms with Gasteiger partial charge in [0.25, 0.3) is 0 Å². The maximum absolute atomic E-state index is 12.2. The number of hydrogen-bond donors (Lipinski definition) is 3. The second-order valence-electron chi connectivity index (χ2n) is 7.16. The summed E-state index contributed by atoms with van der Waals surface area (Å²) < 4.78 is 0. The van der Waals surface area contributed by atoms with Crippen LogP contribution >= 0.6 is 0 Å². The van der Waals surface area contributed by atoms with Crippen LogP contribution in [-0.4, -0.2) is 27.8 Å². The number of nitrogens with one attached hydrogen (secondary N) is 3. The molecule has 6 nitrogen and oxygen atoms in total. The van der Waals surface area contributed by atoms with Crippen molar-refractivity contribution in [3.63, 3.8) is 0 Å². The number of anilines is 1. The van der Waals surface area contributed by atoms with Crippen LogP contribution < -0.4 is 10.6 Å². The van der Waals surface area contributed by atoms with Crippen molar-refractivity contribution in [2.75, 3.05) is 11.9 Å². The molecule has 2 amide bonds. The summed E-state index contributed by atoms with van der Waals surface area (Å²) in [5.74, 6) is 0.516. The molecule has 0 aliphatic heterocycles. The number of fused-ring (bicyclic) bond motifs is 1. The fourth-order valence-electron chi connectivity index (χ4n) is 3.44. The molecule has 3 N–H and O–H groups in total. The van der Waals surface area contributed by atoms with Gasteiger partial charge in [-0.25, -0.2) is 4.79 Å². The summed E-state index contributed by atoms with van der Waals surface area (Å²) in [7, 11) is 0. The van der Waals surface area contributed by atoms with Crippen molar-refractivity contribution in [3.8, 4) is 11.1 Å². The van der Waals surface area contributed by atoms with Crippen LogP contribution in [0.25, 0.3) is 22.0 Å². The van der Waals surface area contributed by atoms with Gasteiger partial charge in [-0.3, -0.25) is 15.4 Å². The largest absolute Gasteiger partial charge is 0.337 e. The van der Waals surface area contributed by atoms with E-state index < -0.39 is 0 Å². The Morgan fingerprint density at radius 2 is 1.83 bits per heavy atom. The number of benzene rings is 2. The lowest BCUT2D eigenvalue weighted by Gasteiger charge is -2.07. The maximum atomic E-state index is 12.2. The van der Waals surface area contributed by atoms with Gasteiger partial charge in [-0.05, 0) is 49.2 Å². The molecule has 0 radical (unpaired) electrons. The summed E-state index contributed by atoms with van der Waals surface area (Å²) in [5, 5.41) is 13.8. The van der Waals surface area contributed by atoms with E-state index in [-0.39, 0.29) is 6.03 Å². The van der Waals surface area contributed by atoms with E-state index in [2.05, 4.69) is 70.0 Å². The minimum atomic E-state index is -0.285. The summed E-state index contributed by atoms with van der Waals surface area (Å²) in [6, 6.07) is 18.0. The topological polar surface area (TPSA) is 82.7 Å². The fraction of sp³-hybridized carbons (Fsp3) is 0.174. The van der Waals surface area contributed by atoms with Crippen LogP contribution in [0.2, 0.25) is 0 Å². The number of carbonyl (C=O) groups excluding carboxylic acids is 1. The number of rotatable bonds is 5. The highest BCUT2D eigenvalue weighted by Crippen LogP contribution is 2.28. The van der Waals surface area contributed by atoms with Crippen molar-refractivity contribution in [2.45, 2.75) is 20.3 Å². The molecule has 4 rings (SSSR count). The summed E-state index contributed by atoms with van der Waals surface area (Å²) in [5.41, 5.74) is 6.56. The molecular weight excluding hydrogens is 362 g/mol. The van der Waals surface area contributed by atoms with E-state index in [1.165, 1.54) is 16.7 Å². The molecule has 2 aromatic heterocycles. The van der Waals surface area contributed by atoms with Gasteiger partial charge in [0.15, 0.2) is 5.82 Å². The Balaban J connectivity index is 1.44. The highest BCUT2D eigenvalue weighted by atomic mass is 16.2. The van der Waals surface area contributed by atoms with Gasteiger partial charge in [0, 0.05) is 30.2 Å². The zero-order valence-corrected chi connectivity index (χ0v) is 16.5. The highest BCUT2D eigenvalue weighted by molar-refractivity contribution is 6.00. The molecule has 146 valence electrons. The lowest BCUT2D eigenvalue weighted by Crippen LogP contribution is -2.30. The Kier molecular flexibility index (Phi) is 5.24. The summed E-state index contributed by atoms with van der Waals surface area (Å²) in [6.45, 7) is 4.70. The number of aromatic nitrogens is 3. The van der Waals surface area contributed by atoms with E-state index in [4.69, 9.17) is 0 Å². The third-order valence-electron chi connectivity index (χ3n) is 4.74. The van der Waals surface area contributed by atoms with Gasteiger partial charge in [0.05, 0.1) is 5.52 Å². The number of hydrogen-bond acceptors (Lipinski definition) is 3. The van der Waals surface area contributed by atoms with Crippen molar-refractivity contribution < 1.29 is 4.79 Å². The number of nitrogens with zero attached hydrogens (tertiary/aromatic N) is 2. The molecule has 0 saturated heterocycles. The van der Waals surface area contributed by atoms with E-state index in [0.29, 0.717) is 18.8 Å². The van der Waals surface area contributed by atoms with Gasteiger partial charge in [-0.15, -0.1) is 0 Å². The van der Waals surface area contributed by atoms with Gasteiger partial charge < -0.3 is 5.32 Å². The fourth-order valence-corrected chi connectivity index (χ4v) is 3.44. The lowest BCUT2D eigenvalue weighted by molar-refractivity contribution is 0.252. The molecule has 0 spiro atoms. The Bertz CT molecular complexity index is 1130. The van der Waals surface area contributed by atoms with E-state index in [1.54, 1.807) is 6.20 Å². The molecule has 2 aromatic carbocycles. The first-order valence-electron chi connectivity index (χ1n) is 9.60. The third-order valence-corrected chi connectivity index (χ3v) is 4.74. The summed E-state index contributed by atoms with van der Waals surface area (Å²) in [4.78, 5) is 16.5. The van der Waals surface area contributed by atoms with Gasteiger partial charge in [-0.1, -0.05) is 41.5 Å². The predicted molar refractivity (Wildman–Crippen MR) is 116 cm³/mol. The number of H-pyrrole nitrogens is 1. The zero-order chi connectivity index (χ0) is 20.2. The smallest absolute Gasteiger partial charge is 0.320 e. The first-order valence-corrected chi connectivity index (χ1v) is 9.60. The molecule has 0 saturated carbocycles. The van der Waals surface area contributed by atoms with Crippen LogP contribution in [0.4, 0.5) is 10.6 Å². The molecule has 29 heavy (non-hydrogen) atoms. The van der Waals surface area contributed by atoms with Crippen LogP contribution in [0.5, 0.6) is 0 Å². The van der Waals surface area contributed by atoms with Crippen molar-refractivity contribution in [1.29, 1.82) is 0 Å². The highest BCUT2D eigenvalue weighted by Gasteiger charge is 2.10. The quantitative estimate of drug-likeness (QED) is 0.469. The van der Waals surface area contributed by atoms with Gasteiger partial charge in [0.2, 0.25) is 0 Å². The molecule has 0 atom stereocenters. The number of amides is 2. The molecule has 0 bridgehead atoms. The number of carbonyl (C=O) groups is 1. The Hall–Kier alpha value is -3.67. The van der Waals surface area contributed by atoms with E-state index in [1.807, 2.05) is 24.3 Å². The Labute approximate surface area is 169 Å². The third kappa shape index (κ3) is 4.43. The first-order chi connectivity index (χ1) is 14.1. The standard InChI is InChI=1S/C23H23N5O/c1-15-11-16(2)13-18(12-15)17-6-7-20-21(14-17)27-28-22(20)26-23(29)25-10-8-19-5-3-4-9-24-19/h3-7,9,11-14H,8,10H2,1-2H3,(H3,25,26,27,28,29). The molecule has 6 heteroatoms. The van der Waals surface area contributed by atoms with Crippen molar-refractivity contribution in [1.82, 2.24) is 20.5 Å². The molecule has 0 unspecified atom stereocenters. The molecular formula is C23H23N5O. The number of aryl methyl sites for hydroxylation is 2. The molecule has 0 aliphatic rings. The van der Waals surface area contributed by atoms with Crippen molar-refractivity contribution in [3.05, 3.63) is 77.6 Å². The van der Waals surface area contributed by atoms with Crippen LogP contribution in [0, 0.1) is 13.8 Å². The van der Waals surface area contributed by atoms with E-state index >= 15 is 0 Å². The number of aromatic amines is 1. The minimum Gasteiger partial charge on any atom is -0.337 e. The first kappa shape index (κ1) is 18.7. The molecule has 4 aromatic rings. The summed E-state index contributed by atoms with van der Waals surface area (Å²) >= 11 is 0. The van der Waals surface area contributed by atoms with Gasteiger partial charge in [-0.2, -0.15) is 5.10 Å². The Morgan fingerprint density at radius 3 is 2.59 bits per heavy atom. The van der Waals surface area contributed by atoms with Crippen LogP contribution in [0.1, 0.15) is 16.8 Å². The number of pyridine rings is 1. The van der Waals surface area contributed by atoms with Crippen LogP contribution in [0.3, 0.4) is 0 Å². The average molecular weight is 385 g/mol. The second-order valence-corrected chi connectivity index (χ2v) is 7.16. The maximum Gasteiger partial charge on any atom is 0.320 e. The zero-order valence-electron chi connectivity index (χ0n) is 16.5. The SMILES string of the molecule is Cc1cc(C)cc(-c2ccc3c(NC(=O)NCCc4ccccn4)n[nH]c3c2)c1. The lowest BCUT2D eigenvalue weighted by atomic mass is 10.00. The average Bonchev–Trinajstić information content (AvgIpc) is 3.10. The van der Waals surface area contributed by atoms with E-state index in [0.717, 1.165) is 22.2 Å². The van der Waals surface area contributed by atoms with Crippen molar-refractivity contribution in [2.24, 2.45) is 0 Å². The van der Waals surface area contributed by atoms with Crippen LogP contribution in [0.15, 0.2) is 60.8 Å². The second kappa shape index (κ2) is 8.14. The van der Waals surface area contributed by atoms with Crippen LogP contribution in [-0.2, 0) is 6.42 Å². The van der Waals surface area contributed by atoms with E-state index in [9.17, 15) is 4.79 Å². The van der Waals surface area contributed by atoms with Gasteiger partial charge in [0.1, 0.15) is 0 Å². The Morgan fingerprint density at radius 1 is 1.00 bits per heavy atom. The monoisotopic (exact) mass is 385 g/mol. The molecule has 0 aliphatic carbocycles. The van der Waals surface area contributed by atoms with Crippen molar-refractivity contribution >= 4 is 22.8 Å². The predicted octanol–water partition coefficient (Wildman–Crippen LogP) is 4.61. The minimum absolute atomic E-state index is 0.285. The summed E-state index contributed by atoms with van der Waals surface area (Å²) in [6.07, 6.45) is 2.42.